The van der Waals surface area contributed by atoms with Crippen LogP contribution in [0.25, 0.3) is 0 Å². The number of hydrogen-bond acceptors (Lipinski definition) is 4. The Balaban J connectivity index is 1.79. The van der Waals surface area contributed by atoms with Crippen molar-refractivity contribution in [2.24, 2.45) is 4.99 Å². The molecule has 1 aliphatic rings. The molecule has 2 heterocycles. The maximum Gasteiger partial charge on any atom is 0.337 e. The van der Waals surface area contributed by atoms with Crippen molar-refractivity contribution in [3.8, 4) is 0 Å². The number of carbonyl (C=O) groups is 1. The number of hydrogen-bond donors (Lipinski definition) is 1. The van der Waals surface area contributed by atoms with Gasteiger partial charge in [0.1, 0.15) is 25.0 Å². The first-order valence-electron chi connectivity index (χ1n) is 7.36. The molecule has 1 unspecified atom stereocenters. The fourth-order valence-corrected chi connectivity index (χ4v) is 2.69. The Hall–Kier alpha value is -2.73. The van der Waals surface area contributed by atoms with Crippen LogP contribution in [0.15, 0.2) is 54.1 Å². The Morgan fingerprint density at radius 3 is 3.00 bits per heavy atom. The predicted octanol–water partition coefficient (Wildman–Crippen LogP) is 2.27. The van der Waals surface area contributed by atoms with Gasteiger partial charge in [-0.1, -0.05) is 12.1 Å². The standard InChI is InChI=1S/C17H19N4O2/c1-21(9-8-20-16(21)11-15-18-6-7-19-15)12-13-4-3-5-14(10-13)17(22)23-2/h3-10H,11-12H2,1-2H3,(H,18,19)/q+1. The molecule has 0 saturated carbocycles. The molecule has 1 N–H and O–H groups in total. The summed E-state index contributed by atoms with van der Waals surface area (Å²) in [5, 5.41) is 0. The number of methoxy groups -OCH3 is 1. The first kappa shape index (κ1) is 15.2. The second-order valence-corrected chi connectivity index (χ2v) is 5.67. The average Bonchev–Trinajstić information content (AvgIpc) is 3.18. The van der Waals surface area contributed by atoms with Gasteiger partial charge >= 0.3 is 5.97 Å². The number of H-pyrrole nitrogens is 1. The van der Waals surface area contributed by atoms with E-state index < -0.39 is 0 Å². The lowest BCUT2D eigenvalue weighted by Gasteiger charge is -2.27. The van der Waals surface area contributed by atoms with E-state index in [9.17, 15) is 4.79 Å². The summed E-state index contributed by atoms with van der Waals surface area (Å²) in [6, 6.07) is 7.50. The first-order valence-corrected chi connectivity index (χ1v) is 7.36. The lowest BCUT2D eigenvalue weighted by atomic mass is 10.1. The van der Waals surface area contributed by atoms with E-state index >= 15 is 0 Å². The van der Waals surface area contributed by atoms with Crippen LogP contribution in [0, 0.1) is 0 Å². The Morgan fingerprint density at radius 1 is 1.39 bits per heavy atom. The number of likely N-dealkylation sites (N-methyl/N-ethyl adjacent to an activating group) is 1. The first-order chi connectivity index (χ1) is 11.1. The van der Waals surface area contributed by atoms with Crippen molar-refractivity contribution in [3.63, 3.8) is 0 Å². The maximum absolute atomic E-state index is 11.7. The van der Waals surface area contributed by atoms with Gasteiger partial charge in [-0.3, -0.25) is 0 Å². The highest BCUT2D eigenvalue weighted by atomic mass is 16.5. The summed E-state index contributed by atoms with van der Waals surface area (Å²) in [6.07, 6.45) is 8.07. The highest BCUT2D eigenvalue weighted by Crippen LogP contribution is 2.21. The van der Waals surface area contributed by atoms with Crippen molar-refractivity contribution in [1.82, 2.24) is 9.97 Å². The number of ether oxygens (including phenoxy) is 1. The van der Waals surface area contributed by atoms with Gasteiger partial charge in [0.25, 0.3) is 0 Å². The van der Waals surface area contributed by atoms with Crippen molar-refractivity contribution in [2.75, 3.05) is 14.2 Å². The number of amidine groups is 1. The molecule has 0 aliphatic carbocycles. The summed E-state index contributed by atoms with van der Waals surface area (Å²) < 4.78 is 5.34. The molecular weight excluding hydrogens is 292 g/mol. The van der Waals surface area contributed by atoms with Crippen LogP contribution in [0.5, 0.6) is 0 Å². The number of quaternary nitrogens is 1. The monoisotopic (exact) mass is 311 g/mol. The van der Waals surface area contributed by atoms with Crippen molar-refractivity contribution in [2.45, 2.75) is 13.0 Å². The summed E-state index contributed by atoms with van der Waals surface area (Å²) in [4.78, 5) is 23.5. The van der Waals surface area contributed by atoms with E-state index in [-0.39, 0.29) is 5.97 Å². The van der Waals surface area contributed by atoms with E-state index in [2.05, 4.69) is 22.0 Å². The van der Waals surface area contributed by atoms with Gasteiger partial charge in [-0.2, -0.15) is 0 Å². The van der Waals surface area contributed by atoms with Crippen molar-refractivity contribution >= 4 is 11.8 Å². The minimum absolute atomic E-state index is 0.323. The molecule has 6 heteroatoms. The van der Waals surface area contributed by atoms with E-state index in [0.717, 1.165) is 17.2 Å². The second-order valence-electron chi connectivity index (χ2n) is 5.67. The number of benzene rings is 1. The smallest absolute Gasteiger partial charge is 0.337 e. The van der Waals surface area contributed by atoms with Gasteiger partial charge in [0.15, 0.2) is 0 Å². The largest absolute Gasteiger partial charge is 0.465 e. The predicted molar refractivity (Wildman–Crippen MR) is 86.5 cm³/mol. The number of rotatable bonds is 5. The number of aliphatic imine (C=N–C) groups is 1. The number of aromatic amines is 1. The Labute approximate surface area is 134 Å². The van der Waals surface area contributed by atoms with E-state index in [1.165, 1.54) is 7.11 Å². The molecule has 0 amide bonds. The molecule has 0 radical (unpaired) electrons. The third kappa shape index (κ3) is 3.22. The zero-order valence-corrected chi connectivity index (χ0v) is 13.2. The minimum atomic E-state index is -0.323. The molecule has 23 heavy (non-hydrogen) atoms. The SMILES string of the molecule is COC(=O)c1cccc(C[N+]2(C)C=CN=C2Cc2ncc[nH]2)c1. The van der Waals surface area contributed by atoms with Crippen LogP contribution in [0.3, 0.4) is 0 Å². The van der Waals surface area contributed by atoms with Crippen LogP contribution in [-0.2, 0) is 17.7 Å². The summed E-state index contributed by atoms with van der Waals surface area (Å²) in [7, 11) is 3.48. The lowest BCUT2D eigenvalue weighted by Crippen LogP contribution is -2.42. The quantitative estimate of drug-likeness (QED) is 0.680. The third-order valence-corrected chi connectivity index (χ3v) is 3.95. The fraction of sp³-hybridized carbons (Fsp3) is 0.235. The Morgan fingerprint density at radius 2 is 2.26 bits per heavy atom. The van der Waals surface area contributed by atoms with Gasteiger partial charge in [0.05, 0.1) is 25.9 Å². The van der Waals surface area contributed by atoms with Gasteiger partial charge in [-0.25, -0.2) is 19.3 Å². The molecule has 0 bridgehead atoms. The van der Waals surface area contributed by atoms with Crippen LogP contribution in [-0.4, -0.2) is 40.4 Å². The summed E-state index contributed by atoms with van der Waals surface area (Å²) in [6.45, 7) is 0.709. The molecule has 0 spiro atoms. The number of esters is 1. The molecule has 1 atom stereocenters. The number of imidazole rings is 1. The number of carbonyl (C=O) groups excluding carboxylic acids is 1. The summed E-state index contributed by atoms with van der Waals surface area (Å²) in [5.41, 5.74) is 1.61. The lowest BCUT2D eigenvalue weighted by molar-refractivity contribution is -0.779. The van der Waals surface area contributed by atoms with Crippen LogP contribution in [0.1, 0.15) is 21.7 Å². The van der Waals surface area contributed by atoms with Crippen LogP contribution in [0.4, 0.5) is 0 Å². The molecule has 0 fully saturated rings. The second kappa shape index (κ2) is 6.18. The molecule has 2 aromatic rings. The summed E-state index contributed by atoms with van der Waals surface area (Å²) in [5.74, 6) is 1.57. The topological polar surface area (TPSA) is 67.3 Å². The van der Waals surface area contributed by atoms with Gasteiger partial charge in [0.2, 0.25) is 5.84 Å². The number of aromatic nitrogens is 2. The maximum atomic E-state index is 11.7. The van der Waals surface area contributed by atoms with Gasteiger partial charge in [-0.05, 0) is 12.1 Å². The van der Waals surface area contributed by atoms with Gasteiger partial charge in [-0.15, -0.1) is 0 Å². The number of nitrogens with zero attached hydrogens (tertiary/aromatic N) is 3. The average molecular weight is 311 g/mol. The summed E-state index contributed by atoms with van der Waals surface area (Å²) >= 11 is 0. The molecule has 6 nitrogen and oxygen atoms in total. The fourth-order valence-electron chi connectivity index (χ4n) is 2.69. The molecule has 3 rings (SSSR count). The van der Waals surface area contributed by atoms with Crippen LogP contribution in [0.2, 0.25) is 0 Å². The van der Waals surface area contributed by atoms with Gasteiger partial charge in [0, 0.05) is 18.0 Å². The van der Waals surface area contributed by atoms with E-state index in [1.54, 1.807) is 12.3 Å². The highest BCUT2D eigenvalue weighted by Gasteiger charge is 2.31. The van der Waals surface area contributed by atoms with Crippen molar-refractivity contribution in [1.29, 1.82) is 0 Å². The molecule has 1 aromatic heterocycles. The van der Waals surface area contributed by atoms with E-state index in [1.807, 2.05) is 36.8 Å². The molecular formula is C17H19N4O2+. The molecule has 118 valence electrons. The normalized spacial score (nSPS) is 19.7. The zero-order chi connectivity index (χ0) is 16.3. The zero-order valence-electron chi connectivity index (χ0n) is 13.2. The molecule has 1 aromatic carbocycles. The Bertz CT molecular complexity index is 765. The van der Waals surface area contributed by atoms with Crippen molar-refractivity contribution in [3.05, 3.63) is 66.0 Å². The Kier molecular flexibility index (Phi) is 4.08. The van der Waals surface area contributed by atoms with E-state index in [4.69, 9.17) is 4.74 Å². The van der Waals surface area contributed by atoms with Crippen LogP contribution < -0.4 is 0 Å². The highest BCUT2D eigenvalue weighted by molar-refractivity contribution is 5.89. The molecule has 0 saturated heterocycles. The third-order valence-electron chi connectivity index (χ3n) is 3.95. The molecule has 1 aliphatic heterocycles. The van der Waals surface area contributed by atoms with E-state index in [0.29, 0.717) is 23.0 Å². The number of nitrogens with one attached hydrogen (secondary N) is 1. The van der Waals surface area contributed by atoms with Crippen molar-refractivity contribution < 1.29 is 14.0 Å². The van der Waals surface area contributed by atoms with Gasteiger partial charge < -0.3 is 9.72 Å². The minimum Gasteiger partial charge on any atom is -0.465 e. The van der Waals surface area contributed by atoms with Crippen LogP contribution >= 0.6 is 0 Å².